The number of amides is 2. The summed E-state index contributed by atoms with van der Waals surface area (Å²) in [6.07, 6.45) is 0. The van der Waals surface area contributed by atoms with Gasteiger partial charge in [0.1, 0.15) is 0 Å². The van der Waals surface area contributed by atoms with Crippen LogP contribution in [0.3, 0.4) is 0 Å². The summed E-state index contributed by atoms with van der Waals surface area (Å²) in [6.45, 7) is 8.92. The molecule has 2 rings (SSSR count). The van der Waals surface area contributed by atoms with E-state index in [9.17, 15) is 4.79 Å². The van der Waals surface area contributed by atoms with Gasteiger partial charge in [-0.25, -0.2) is 4.79 Å². The summed E-state index contributed by atoms with van der Waals surface area (Å²) in [5.74, 6) is 0. The van der Waals surface area contributed by atoms with Crippen molar-refractivity contribution in [1.82, 2.24) is 15.5 Å². The second-order valence-electron chi connectivity index (χ2n) is 5.07. The van der Waals surface area contributed by atoms with Crippen molar-refractivity contribution in [2.45, 2.75) is 26.4 Å². The maximum Gasteiger partial charge on any atom is 0.315 e. The zero-order valence-corrected chi connectivity index (χ0v) is 13.0. The number of aryl methyl sites for hydroxylation is 1. The lowest BCUT2D eigenvalue weighted by atomic mass is 10.2. The molecule has 1 saturated heterocycles. The third-order valence-corrected chi connectivity index (χ3v) is 4.45. The monoisotopic (exact) mass is 297 g/mol. The van der Waals surface area contributed by atoms with E-state index in [-0.39, 0.29) is 6.03 Å². The zero-order valence-electron chi connectivity index (χ0n) is 12.1. The van der Waals surface area contributed by atoms with Gasteiger partial charge in [-0.3, -0.25) is 4.90 Å². The van der Waals surface area contributed by atoms with E-state index in [1.807, 2.05) is 0 Å². The number of hydrogen-bond acceptors (Lipinski definition) is 4. The molecule has 0 radical (unpaired) electrons. The molecule has 0 aromatic carbocycles. The average Bonchev–Trinajstić information content (AvgIpc) is 2.89. The van der Waals surface area contributed by atoms with Gasteiger partial charge in [0, 0.05) is 35.4 Å². The van der Waals surface area contributed by atoms with Crippen LogP contribution in [0.2, 0.25) is 0 Å². The highest BCUT2D eigenvalue weighted by atomic mass is 32.1. The van der Waals surface area contributed by atoms with Crippen LogP contribution in [0, 0.1) is 6.92 Å². The summed E-state index contributed by atoms with van der Waals surface area (Å²) >= 11 is 1.71. The largest absolute Gasteiger partial charge is 0.379 e. The fraction of sp³-hybridized carbons (Fsp3) is 0.643. The molecule has 1 fully saturated rings. The fourth-order valence-electron chi connectivity index (χ4n) is 2.20. The van der Waals surface area contributed by atoms with Crippen molar-refractivity contribution in [3.63, 3.8) is 0 Å². The highest BCUT2D eigenvalue weighted by molar-refractivity contribution is 7.11. The number of rotatable bonds is 5. The molecule has 0 aliphatic carbocycles. The van der Waals surface area contributed by atoms with Gasteiger partial charge < -0.3 is 15.4 Å². The minimum absolute atomic E-state index is 0.101. The number of thiophene rings is 1. The number of hydrogen-bond donors (Lipinski definition) is 2. The summed E-state index contributed by atoms with van der Waals surface area (Å²) in [6, 6.07) is 4.36. The van der Waals surface area contributed by atoms with Crippen LogP contribution in [-0.2, 0) is 11.3 Å². The van der Waals surface area contributed by atoms with Crippen LogP contribution >= 0.6 is 11.3 Å². The predicted molar refractivity (Wildman–Crippen MR) is 81.1 cm³/mol. The van der Waals surface area contributed by atoms with Crippen LogP contribution < -0.4 is 10.6 Å². The number of nitrogens with one attached hydrogen (secondary N) is 2. The van der Waals surface area contributed by atoms with Gasteiger partial charge in [-0.1, -0.05) is 0 Å². The highest BCUT2D eigenvalue weighted by Gasteiger charge is 2.17. The second kappa shape index (κ2) is 7.61. The predicted octanol–water partition coefficient (Wildman–Crippen LogP) is 1.58. The Balaban J connectivity index is 1.64. The van der Waals surface area contributed by atoms with E-state index >= 15 is 0 Å². The van der Waals surface area contributed by atoms with Gasteiger partial charge in [0.05, 0.1) is 19.8 Å². The Labute approximate surface area is 124 Å². The Kier molecular flexibility index (Phi) is 5.82. The van der Waals surface area contributed by atoms with Crippen molar-refractivity contribution in [3.05, 3.63) is 21.9 Å². The van der Waals surface area contributed by atoms with E-state index in [1.54, 1.807) is 11.3 Å². The van der Waals surface area contributed by atoms with Crippen molar-refractivity contribution in [2.24, 2.45) is 0 Å². The minimum Gasteiger partial charge on any atom is -0.379 e. The fourth-order valence-corrected chi connectivity index (χ4v) is 3.03. The topological polar surface area (TPSA) is 53.6 Å². The second-order valence-corrected chi connectivity index (χ2v) is 6.45. The standard InChI is InChI=1S/C14H23N3O2S/c1-11(17-5-7-19-8-6-17)9-15-14(18)16-10-13-4-3-12(2)20-13/h3-4,11H,5-10H2,1-2H3,(H2,15,16,18)/t11-/m1/s1. The normalized spacial score (nSPS) is 17.7. The Hall–Kier alpha value is -1.11. The summed E-state index contributed by atoms with van der Waals surface area (Å²) in [4.78, 5) is 16.5. The van der Waals surface area contributed by atoms with Crippen LogP contribution in [0.1, 0.15) is 16.7 Å². The molecule has 1 atom stereocenters. The third kappa shape index (κ3) is 4.77. The highest BCUT2D eigenvalue weighted by Crippen LogP contribution is 2.14. The molecule has 1 aliphatic heterocycles. The average molecular weight is 297 g/mol. The van der Waals surface area contributed by atoms with Gasteiger partial charge in [0.25, 0.3) is 0 Å². The molecule has 112 valence electrons. The SMILES string of the molecule is Cc1ccc(CNC(=O)NC[C@@H](C)N2CCOCC2)s1. The van der Waals surface area contributed by atoms with Gasteiger partial charge in [-0.2, -0.15) is 0 Å². The van der Waals surface area contributed by atoms with Gasteiger partial charge in [0.15, 0.2) is 0 Å². The van der Waals surface area contributed by atoms with Crippen LogP contribution in [0.25, 0.3) is 0 Å². The van der Waals surface area contributed by atoms with Gasteiger partial charge >= 0.3 is 6.03 Å². The first-order chi connectivity index (χ1) is 9.65. The molecule has 0 unspecified atom stereocenters. The molecule has 2 N–H and O–H groups in total. The van der Waals surface area contributed by atoms with Crippen molar-refractivity contribution in [1.29, 1.82) is 0 Å². The molecular formula is C14H23N3O2S. The first-order valence-corrected chi connectivity index (χ1v) is 7.85. The molecule has 1 aromatic heterocycles. The van der Waals surface area contributed by atoms with Crippen molar-refractivity contribution in [2.75, 3.05) is 32.8 Å². The number of carbonyl (C=O) groups is 1. The number of urea groups is 1. The van der Waals surface area contributed by atoms with Crippen LogP contribution in [0.15, 0.2) is 12.1 Å². The van der Waals surface area contributed by atoms with Crippen LogP contribution in [0.5, 0.6) is 0 Å². The number of ether oxygens (including phenoxy) is 1. The quantitative estimate of drug-likeness (QED) is 0.867. The van der Waals surface area contributed by atoms with E-state index in [4.69, 9.17) is 4.74 Å². The molecular weight excluding hydrogens is 274 g/mol. The van der Waals surface area contributed by atoms with Crippen molar-refractivity contribution in [3.8, 4) is 0 Å². The zero-order chi connectivity index (χ0) is 14.4. The molecule has 0 bridgehead atoms. The maximum atomic E-state index is 11.7. The molecule has 20 heavy (non-hydrogen) atoms. The lowest BCUT2D eigenvalue weighted by Crippen LogP contribution is -2.48. The van der Waals surface area contributed by atoms with E-state index in [1.165, 1.54) is 9.75 Å². The van der Waals surface area contributed by atoms with E-state index in [2.05, 4.69) is 41.5 Å². The van der Waals surface area contributed by atoms with E-state index in [0.717, 1.165) is 26.3 Å². The first kappa shape index (κ1) is 15.3. The van der Waals surface area contributed by atoms with Gasteiger partial charge in [-0.05, 0) is 26.0 Å². The van der Waals surface area contributed by atoms with Crippen molar-refractivity contribution < 1.29 is 9.53 Å². The number of morpholine rings is 1. The maximum absolute atomic E-state index is 11.7. The third-order valence-electron chi connectivity index (χ3n) is 3.45. The Morgan fingerprint density at radius 1 is 1.40 bits per heavy atom. The lowest BCUT2D eigenvalue weighted by molar-refractivity contribution is 0.0209. The van der Waals surface area contributed by atoms with Gasteiger partial charge in [-0.15, -0.1) is 11.3 Å². The molecule has 5 nitrogen and oxygen atoms in total. The molecule has 2 amide bonds. The van der Waals surface area contributed by atoms with E-state index < -0.39 is 0 Å². The molecule has 0 saturated carbocycles. The van der Waals surface area contributed by atoms with Gasteiger partial charge in [0.2, 0.25) is 0 Å². The minimum atomic E-state index is -0.101. The smallest absolute Gasteiger partial charge is 0.315 e. The van der Waals surface area contributed by atoms with Crippen LogP contribution in [-0.4, -0.2) is 49.8 Å². The summed E-state index contributed by atoms with van der Waals surface area (Å²) in [5.41, 5.74) is 0. The molecule has 0 spiro atoms. The molecule has 1 aromatic rings. The lowest BCUT2D eigenvalue weighted by Gasteiger charge is -2.32. The Morgan fingerprint density at radius 2 is 2.15 bits per heavy atom. The number of nitrogens with zero attached hydrogens (tertiary/aromatic N) is 1. The van der Waals surface area contributed by atoms with Crippen LogP contribution in [0.4, 0.5) is 4.79 Å². The summed E-state index contributed by atoms with van der Waals surface area (Å²) in [7, 11) is 0. The Bertz CT molecular complexity index is 430. The summed E-state index contributed by atoms with van der Waals surface area (Å²) < 4.78 is 5.32. The molecule has 1 aliphatic rings. The molecule has 6 heteroatoms. The summed E-state index contributed by atoms with van der Waals surface area (Å²) in [5, 5.41) is 5.82. The molecule has 2 heterocycles. The number of carbonyl (C=O) groups excluding carboxylic acids is 1. The first-order valence-electron chi connectivity index (χ1n) is 7.04. The Morgan fingerprint density at radius 3 is 2.80 bits per heavy atom. The van der Waals surface area contributed by atoms with Crippen molar-refractivity contribution >= 4 is 17.4 Å². The van der Waals surface area contributed by atoms with E-state index in [0.29, 0.717) is 19.1 Å².